The maximum Gasteiger partial charge on any atom is 0.315 e. The quantitative estimate of drug-likeness (QED) is 0.786. The average Bonchev–Trinajstić information content (AvgIpc) is 2.83. The van der Waals surface area contributed by atoms with Crippen molar-refractivity contribution in [1.29, 1.82) is 0 Å². The molecule has 0 bridgehead atoms. The number of carbonyl (C=O) groups is 1. The van der Waals surface area contributed by atoms with Crippen molar-refractivity contribution in [3.05, 3.63) is 30.1 Å². The summed E-state index contributed by atoms with van der Waals surface area (Å²) in [5, 5.41) is 5.52. The van der Waals surface area contributed by atoms with E-state index in [1.54, 1.807) is 7.11 Å². The minimum Gasteiger partial charge on any atom is -0.383 e. The average molecular weight is 276 g/mol. The number of nitrogens with one attached hydrogen (secondary N) is 2. The Morgan fingerprint density at radius 1 is 1.35 bits per heavy atom. The molecule has 1 aromatic heterocycles. The number of rotatable bonds is 6. The highest BCUT2D eigenvalue weighted by atomic mass is 16.5. The van der Waals surface area contributed by atoms with Crippen molar-refractivity contribution in [1.82, 2.24) is 20.2 Å². The van der Waals surface area contributed by atoms with Crippen molar-refractivity contribution < 1.29 is 9.53 Å². The molecule has 0 radical (unpaired) electrons. The number of imidazole rings is 1. The maximum absolute atomic E-state index is 11.6. The molecule has 1 heterocycles. The number of fused-ring (bicyclic) bond motifs is 1. The van der Waals surface area contributed by atoms with E-state index in [0.717, 1.165) is 23.4 Å². The number of aromatic nitrogens is 2. The molecular weight excluding hydrogens is 256 g/mol. The minimum absolute atomic E-state index is 0.211. The molecule has 0 fully saturated rings. The van der Waals surface area contributed by atoms with Gasteiger partial charge in [-0.15, -0.1) is 0 Å². The summed E-state index contributed by atoms with van der Waals surface area (Å²) >= 11 is 0. The number of hydrogen-bond donors (Lipinski definition) is 2. The van der Waals surface area contributed by atoms with Gasteiger partial charge in [0.15, 0.2) is 0 Å². The van der Waals surface area contributed by atoms with Crippen molar-refractivity contribution in [2.75, 3.05) is 20.3 Å². The van der Waals surface area contributed by atoms with Gasteiger partial charge in [0.1, 0.15) is 5.82 Å². The predicted octanol–water partition coefficient (Wildman–Crippen LogP) is 1.50. The Kier molecular flexibility index (Phi) is 4.95. The van der Waals surface area contributed by atoms with E-state index < -0.39 is 0 Å². The van der Waals surface area contributed by atoms with Gasteiger partial charge in [0.05, 0.1) is 24.2 Å². The number of amides is 2. The Morgan fingerprint density at radius 2 is 2.15 bits per heavy atom. The number of ether oxygens (including phenoxy) is 1. The third-order valence-electron chi connectivity index (χ3n) is 3.05. The number of hydrogen-bond acceptors (Lipinski definition) is 3. The fourth-order valence-electron chi connectivity index (χ4n) is 2.10. The van der Waals surface area contributed by atoms with Crippen molar-refractivity contribution in [3.63, 3.8) is 0 Å². The van der Waals surface area contributed by atoms with E-state index in [2.05, 4.69) is 27.1 Å². The summed E-state index contributed by atoms with van der Waals surface area (Å²) < 4.78 is 6.97. The van der Waals surface area contributed by atoms with Crippen LogP contribution in [-0.2, 0) is 17.8 Å². The fraction of sp³-hybridized carbons (Fsp3) is 0.429. The van der Waals surface area contributed by atoms with Crippen molar-refractivity contribution in [2.24, 2.45) is 0 Å². The molecule has 6 heteroatoms. The lowest BCUT2D eigenvalue weighted by Crippen LogP contribution is -2.37. The topological polar surface area (TPSA) is 68.2 Å². The number of benzene rings is 1. The lowest BCUT2D eigenvalue weighted by atomic mass is 10.3. The van der Waals surface area contributed by atoms with Gasteiger partial charge in [0.25, 0.3) is 0 Å². The molecule has 0 aliphatic heterocycles. The molecule has 2 amide bonds. The Labute approximate surface area is 118 Å². The minimum atomic E-state index is -0.211. The van der Waals surface area contributed by atoms with Crippen molar-refractivity contribution >= 4 is 17.1 Å². The van der Waals surface area contributed by atoms with Gasteiger partial charge in [0, 0.05) is 20.2 Å². The zero-order valence-corrected chi connectivity index (χ0v) is 11.8. The summed E-state index contributed by atoms with van der Waals surface area (Å²) in [5.41, 5.74) is 2.04. The highest BCUT2D eigenvalue weighted by molar-refractivity contribution is 5.76. The monoisotopic (exact) mass is 276 g/mol. The lowest BCUT2D eigenvalue weighted by molar-refractivity contribution is 0.195. The van der Waals surface area contributed by atoms with Gasteiger partial charge in [-0.25, -0.2) is 9.78 Å². The Morgan fingerprint density at radius 3 is 2.90 bits per heavy atom. The number of aryl methyl sites for hydroxylation is 1. The molecule has 108 valence electrons. The second-order valence-electron chi connectivity index (χ2n) is 4.36. The Balaban J connectivity index is 2.00. The summed E-state index contributed by atoms with van der Waals surface area (Å²) in [6.45, 7) is 4.29. The zero-order valence-electron chi connectivity index (χ0n) is 11.8. The van der Waals surface area contributed by atoms with Crippen LogP contribution >= 0.6 is 0 Å². The van der Waals surface area contributed by atoms with Crippen LogP contribution in [0.4, 0.5) is 4.79 Å². The van der Waals surface area contributed by atoms with E-state index in [1.165, 1.54) is 0 Å². The maximum atomic E-state index is 11.6. The molecule has 20 heavy (non-hydrogen) atoms. The van der Waals surface area contributed by atoms with Gasteiger partial charge in [0.2, 0.25) is 0 Å². The van der Waals surface area contributed by atoms with E-state index >= 15 is 0 Å². The second kappa shape index (κ2) is 6.91. The summed E-state index contributed by atoms with van der Waals surface area (Å²) in [6, 6.07) is 7.75. The highest BCUT2D eigenvalue weighted by Gasteiger charge is 2.09. The van der Waals surface area contributed by atoms with Crippen LogP contribution in [0.15, 0.2) is 24.3 Å². The van der Waals surface area contributed by atoms with Crippen LogP contribution in [0, 0.1) is 0 Å². The highest BCUT2D eigenvalue weighted by Crippen LogP contribution is 2.15. The normalized spacial score (nSPS) is 10.7. The van der Waals surface area contributed by atoms with E-state index in [4.69, 9.17) is 4.74 Å². The van der Waals surface area contributed by atoms with Gasteiger partial charge in [-0.3, -0.25) is 0 Å². The second-order valence-corrected chi connectivity index (χ2v) is 4.36. The molecule has 0 atom stereocenters. The number of nitrogens with zero attached hydrogens (tertiary/aromatic N) is 2. The van der Waals surface area contributed by atoms with Gasteiger partial charge < -0.3 is 19.9 Å². The molecule has 1 aromatic carbocycles. The fourth-order valence-corrected chi connectivity index (χ4v) is 2.10. The smallest absolute Gasteiger partial charge is 0.315 e. The molecule has 0 spiro atoms. The predicted molar refractivity (Wildman–Crippen MR) is 77.5 cm³/mol. The van der Waals surface area contributed by atoms with E-state index in [9.17, 15) is 4.79 Å². The summed E-state index contributed by atoms with van der Waals surface area (Å²) in [7, 11) is 1.60. The van der Waals surface area contributed by atoms with Crippen LogP contribution < -0.4 is 10.6 Å². The molecular formula is C14H20N4O2. The molecule has 2 rings (SSSR count). The Bertz CT molecular complexity index is 580. The summed E-state index contributed by atoms with van der Waals surface area (Å²) in [4.78, 5) is 16.1. The Hall–Kier alpha value is -2.08. The standard InChI is InChI=1S/C14H20N4O2/c1-3-18-12-7-5-4-6-11(12)17-13(18)10-16-14(19)15-8-9-20-2/h4-7H,3,8-10H2,1-2H3,(H2,15,16,19). The first kappa shape index (κ1) is 14.3. The van der Waals surface area contributed by atoms with Gasteiger partial charge in [-0.2, -0.15) is 0 Å². The van der Waals surface area contributed by atoms with E-state index in [1.807, 2.05) is 24.3 Å². The van der Waals surface area contributed by atoms with Gasteiger partial charge in [-0.1, -0.05) is 12.1 Å². The third kappa shape index (κ3) is 3.27. The van der Waals surface area contributed by atoms with Crippen molar-refractivity contribution in [3.8, 4) is 0 Å². The molecule has 0 aliphatic carbocycles. The van der Waals surface area contributed by atoms with E-state index in [0.29, 0.717) is 19.7 Å². The molecule has 0 unspecified atom stereocenters. The van der Waals surface area contributed by atoms with Crippen molar-refractivity contribution in [2.45, 2.75) is 20.0 Å². The molecule has 2 N–H and O–H groups in total. The number of urea groups is 1. The summed E-state index contributed by atoms with van der Waals surface area (Å²) in [5.74, 6) is 0.857. The SMILES string of the molecule is CCn1c(CNC(=O)NCCOC)nc2ccccc21. The molecule has 2 aromatic rings. The zero-order chi connectivity index (χ0) is 14.4. The van der Waals surface area contributed by atoms with Crippen LogP contribution in [0.1, 0.15) is 12.7 Å². The van der Waals surface area contributed by atoms with Crippen LogP contribution in [0.5, 0.6) is 0 Å². The molecule has 0 saturated heterocycles. The van der Waals surface area contributed by atoms with Crippen LogP contribution in [0.3, 0.4) is 0 Å². The van der Waals surface area contributed by atoms with Crippen LogP contribution in [0.25, 0.3) is 11.0 Å². The van der Waals surface area contributed by atoms with Crippen LogP contribution in [-0.4, -0.2) is 35.8 Å². The molecule has 6 nitrogen and oxygen atoms in total. The van der Waals surface area contributed by atoms with E-state index in [-0.39, 0.29) is 6.03 Å². The third-order valence-corrected chi connectivity index (χ3v) is 3.05. The van der Waals surface area contributed by atoms with Gasteiger partial charge >= 0.3 is 6.03 Å². The first-order valence-corrected chi connectivity index (χ1v) is 6.71. The first-order chi connectivity index (χ1) is 9.76. The molecule has 0 saturated carbocycles. The van der Waals surface area contributed by atoms with Gasteiger partial charge in [-0.05, 0) is 19.1 Å². The molecule has 0 aliphatic rings. The summed E-state index contributed by atoms with van der Waals surface area (Å²) in [6.07, 6.45) is 0. The largest absolute Gasteiger partial charge is 0.383 e. The number of para-hydroxylation sites is 2. The van der Waals surface area contributed by atoms with Crippen LogP contribution in [0.2, 0.25) is 0 Å². The number of methoxy groups -OCH3 is 1. The lowest BCUT2D eigenvalue weighted by Gasteiger charge is -2.08. The first-order valence-electron chi connectivity index (χ1n) is 6.71. The number of carbonyl (C=O) groups excluding carboxylic acids is 1.